The zero-order chi connectivity index (χ0) is 19.9. The number of nitrogens with zero attached hydrogens (tertiary/aromatic N) is 3. The van der Waals surface area contributed by atoms with E-state index in [9.17, 15) is 9.59 Å². The highest BCUT2D eigenvalue weighted by Crippen LogP contribution is 2.24. The molecule has 0 aromatic carbocycles. The van der Waals surface area contributed by atoms with E-state index in [1.807, 2.05) is 30.8 Å². The third-order valence-corrected chi connectivity index (χ3v) is 6.10. The van der Waals surface area contributed by atoms with Gasteiger partial charge in [-0.05, 0) is 32.0 Å². The first-order chi connectivity index (χ1) is 13.5. The number of nitrogens with one attached hydrogen (secondary N) is 2. The first-order valence-corrected chi connectivity index (χ1v) is 10.5. The second-order valence-electron chi connectivity index (χ2n) is 7.18. The number of likely N-dealkylation sites (N-methyl/N-ethyl adjacent to an activating group) is 1. The molecule has 1 saturated heterocycles. The molecule has 1 fully saturated rings. The summed E-state index contributed by atoms with van der Waals surface area (Å²) < 4.78 is 0. The fourth-order valence-electron chi connectivity index (χ4n) is 3.50. The topological polar surface area (TPSA) is 87.2 Å². The van der Waals surface area contributed by atoms with Gasteiger partial charge in [0.1, 0.15) is 5.01 Å². The molecule has 2 amide bonds. The molecule has 1 aliphatic rings. The molecule has 2 aromatic rings. The van der Waals surface area contributed by atoms with Gasteiger partial charge in [-0.2, -0.15) is 0 Å². The van der Waals surface area contributed by atoms with Gasteiger partial charge in [-0.1, -0.05) is 0 Å². The number of aromatic nitrogens is 2. The van der Waals surface area contributed by atoms with E-state index in [0.29, 0.717) is 32.0 Å². The van der Waals surface area contributed by atoms with Crippen molar-refractivity contribution in [3.63, 3.8) is 0 Å². The third-order valence-electron chi connectivity index (χ3n) is 5.16. The first kappa shape index (κ1) is 20.4. The quantitative estimate of drug-likeness (QED) is 0.705. The molecule has 1 aliphatic heterocycles. The van der Waals surface area contributed by atoms with E-state index in [2.05, 4.69) is 25.5 Å². The zero-order valence-corrected chi connectivity index (χ0v) is 17.2. The van der Waals surface area contributed by atoms with Crippen molar-refractivity contribution < 1.29 is 9.59 Å². The van der Waals surface area contributed by atoms with Crippen molar-refractivity contribution in [1.82, 2.24) is 25.5 Å². The van der Waals surface area contributed by atoms with E-state index in [1.54, 1.807) is 17.5 Å². The summed E-state index contributed by atoms with van der Waals surface area (Å²) in [6.45, 7) is 2.76. The summed E-state index contributed by atoms with van der Waals surface area (Å²) >= 11 is 1.59. The van der Waals surface area contributed by atoms with Crippen LogP contribution in [0.3, 0.4) is 0 Å². The Morgan fingerprint density at radius 2 is 2.11 bits per heavy atom. The normalized spacial score (nSPS) is 19.5. The second-order valence-corrected chi connectivity index (χ2v) is 8.04. The van der Waals surface area contributed by atoms with E-state index >= 15 is 0 Å². The van der Waals surface area contributed by atoms with Crippen LogP contribution in [-0.2, 0) is 16.0 Å². The Kier molecular flexibility index (Phi) is 7.11. The van der Waals surface area contributed by atoms with Crippen LogP contribution in [0.25, 0.3) is 10.6 Å². The van der Waals surface area contributed by atoms with Gasteiger partial charge in [-0.15, -0.1) is 11.3 Å². The summed E-state index contributed by atoms with van der Waals surface area (Å²) in [6, 6.07) is 4.43. The van der Waals surface area contributed by atoms with Gasteiger partial charge in [0, 0.05) is 68.3 Å². The molecule has 0 spiro atoms. The number of likely N-dealkylation sites (tertiary alicyclic amines) is 1. The highest BCUT2D eigenvalue weighted by atomic mass is 32.1. The molecule has 3 rings (SSSR count). The van der Waals surface area contributed by atoms with Crippen LogP contribution in [0.5, 0.6) is 0 Å². The van der Waals surface area contributed by atoms with Crippen molar-refractivity contribution in [2.24, 2.45) is 0 Å². The summed E-state index contributed by atoms with van der Waals surface area (Å²) in [5.74, 6) is 0.0584. The van der Waals surface area contributed by atoms with Crippen LogP contribution in [0.4, 0.5) is 0 Å². The van der Waals surface area contributed by atoms with Crippen LogP contribution in [-0.4, -0.2) is 58.9 Å². The average molecular weight is 402 g/mol. The van der Waals surface area contributed by atoms with E-state index in [-0.39, 0.29) is 17.9 Å². The predicted molar refractivity (Wildman–Crippen MR) is 110 cm³/mol. The van der Waals surface area contributed by atoms with Gasteiger partial charge >= 0.3 is 0 Å². The summed E-state index contributed by atoms with van der Waals surface area (Å²) in [7, 11) is 2.03. The highest BCUT2D eigenvalue weighted by molar-refractivity contribution is 7.13. The lowest BCUT2D eigenvalue weighted by atomic mass is 10.1. The van der Waals surface area contributed by atoms with Crippen LogP contribution in [0.1, 0.15) is 31.9 Å². The lowest BCUT2D eigenvalue weighted by molar-refractivity contribution is -0.122. The minimum Gasteiger partial charge on any atom is -0.356 e. The number of thiazole rings is 1. The van der Waals surface area contributed by atoms with Gasteiger partial charge in [0.15, 0.2) is 0 Å². The molecule has 8 heteroatoms. The molecular formula is C20H27N5O2S. The van der Waals surface area contributed by atoms with Crippen molar-refractivity contribution in [1.29, 1.82) is 0 Å². The number of amides is 2. The molecule has 7 nitrogen and oxygen atoms in total. The molecule has 2 aromatic heterocycles. The monoisotopic (exact) mass is 401 g/mol. The van der Waals surface area contributed by atoms with Crippen molar-refractivity contribution in [3.05, 3.63) is 35.6 Å². The van der Waals surface area contributed by atoms with Crippen LogP contribution < -0.4 is 10.6 Å². The molecule has 2 N–H and O–H groups in total. The molecule has 0 saturated carbocycles. The standard InChI is InChI=1S/C20H27N5O2S/c1-14(26)23-12-18-6-5-17(25(18)2)10-19(27)22-9-7-16-13-28-20(24-16)15-4-3-8-21-11-15/h3-4,8,11,13,17-18H,5-7,9-10,12H2,1-2H3,(H,22,27)(H,23,26)/t17-,18+/m0/s1. The number of carbonyl (C=O) groups excluding carboxylic acids is 2. The Morgan fingerprint density at radius 1 is 1.29 bits per heavy atom. The van der Waals surface area contributed by atoms with Gasteiger partial charge < -0.3 is 10.6 Å². The average Bonchev–Trinajstić information content (AvgIpc) is 3.28. The van der Waals surface area contributed by atoms with Crippen LogP contribution in [0, 0.1) is 0 Å². The molecule has 0 aliphatic carbocycles. The van der Waals surface area contributed by atoms with Crippen molar-refractivity contribution >= 4 is 23.2 Å². The third kappa shape index (κ3) is 5.59. The maximum atomic E-state index is 12.3. The van der Waals surface area contributed by atoms with Crippen LogP contribution >= 0.6 is 11.3 Å². The smallest absolute Gasteiger partial charge is 0.221 e. The Bertz CT molecular complexity index is 795. The SMILES string of the molecule is CC(=O)NC[C@H]1CC[C@@H](CC(=O)NCCc2csc(-c3cccnc3)n2)N1C. The lowest BCUT2D eigenvalue weighted by Crippen LogP contribution is -2.42. The summed E-state index contributed by atoms with van der Waals surface area (Å²) in [5.41, 5.74) is 2.00. The number of carbonyl (C=O) groups is 2. The summed E-state index contributed by atoms with van der Waals surface area (Å²) in [5, 5.41) is 8.86. The maximum Gasteiger partial charge on any atom is 0.221 e. The van der Waals surface area contributed by atoms with Gasteiger partial charge in [-0.25, -0.2) is 4.98 Å². The van der Waals surface area contributed by atoms with Crippen LogP contribution in [0.15, 0.2) is 29.9 Å². The van der Waals surface area contributed by atoms with Gasteiger partial charge in [0.2, 0.25) is 11.8 Å². The van der Waals surface area contributed by atoms with Crippen LogP contribution in [0.2, 0.25) is 0 Å². The maximum absolute atomic E-state index is 12.3. The first-order valence-electron chi connectivity index (χ1n) is 9.61. The van der Waals surface area contributed by atoms with E-state index in [0.717, 1.165) is 29.1 Å². The van der Waals surface area contributed by atoms with E-state index in [4.69, 9.17) is 0 Å². The minimum absolute atomic E-state index is 0.0108. The fraction of sp³-hybridized carbons (Fsp3) is 0.500. The van der Waals surface area contributed by atoms with E-state index < -0.39 is 0 Å². The Hall–Kier alpha value is -2.32. The molecule has 0 bridgehead atoms. The number of pyridine rings is 1. The number of rotatable bonds is 8. The van der Waals surface area contributed by atoms with Crippen molar-refractivity contribution in [2.45, 2.75) is 44.7 Å². The summed E-state index contributed by atoms with van der Waals surface area (Å²) in [6.07, 6.45) is 6.75. The van der Waals surface area contributed by atoms with Crippen molar-refractivity contribution in [2.75, 3.05) is 20.1 Å². The van der Waals surface area contributed by atoms with Gasteiger partial charge in [0.05, 0.1) is 5.69 Å². The molecule has 0 unspecified atom stereocenters. The molecular weight excluding hydrogens is 374 g/mol. The lowest BCUT2D eigenvalue weighted by Gasteiger charge is -2.25. The fourth-order valence-corrected chi connectivity index (χ4v) is 4.35. The van der Waals surface area contributed by atoms with Crippen molar-refractivity contribution in [3.8, 4) is 10.6 Å². The predicted octanol–water partition coefficient (Wildman–Crippen LogP) is 1.85. The van der Waals surface area contributed by atoms with Gasteiger partial charge in [0.25, 0.3) is 0 Å². The van der Waals surface area contributed by atoms with E-state index in [1.165, 1.54) is 6.92 Å². The Labute approximate surface area is 169 Å². The largest absolute Gasteiger partial charge is 0.356 e. The zero-order valence-electron chi connectivity index (χ0n) is 16.4. The minimum atomic E-state index is -0.0108. The number of hydrogen-bond donors (Lipinski definition) is 2. The number of hydrogen-bond acceptors (Lipinski definition) is 6. The molecule has 0 radical (unpaired) electrons. The second kappa shape index (κ2) is 9.75. The summed E-state index contributed by atoms with van der Waals surface area (Å²) in [4.78, 5) is 34.3. The molecule has 150 valence electrons. The molecule has 28 heavy (non-hydrogen) atoms. The Balaban J connectivity index is 1.39. The highest BCUT2D eigenvalue weighted by Gasteiger charge is 2.31. The Morgan fingerprint density at radius 3 is 2.86 bits per heavy atom. The molecule has 3 heterocycles. The molecule has 2 atom stereocenters. The van der Waals surface area contributed by atoms with Gasteiger partial charge in [-0.3, -0.25) is 19.5 Å².